The zero-order valence-corrected chi connectivity index (χ0v) is 15.3. The number of carbonyl (C=O) groups is 2. The predicted molar refractivity (Wildman–Crippen MR) is 95.7 cm³/mol. The minimum absolute atomic E-state index is 0.0706. The number of rotatable bonds is 3. The van der Waals surface area contributed by atoms with Crippen molar-refractivity contribution in [3.63, 3.8) is 0 Å². The third kappa shape index (κ3) is 3.49. The lowest BCUT2D eigenvalue weighted by Gasteiger charge is -2.44. The van der Waals surface area contributed by atoms with E-state index < -0.39 is 0 Å². The Bertz CT molecular complexity index is 599. The van der Waals surface area contributed by atoms with Crippen molar-refractivity contribution < 1.29 is 9.59 Å². The summed E-state index contributed by atoms with van der Waals surface area (Å²) in [5.41, 5.74) is 6.11. The zero-order valence-electron chi connectivity index (χ0n) is 14.5. The molecule has 24 heavy (non-hydrogen) atoms. The SMILES string of the molecule is CC1(C)CN(C(=O)C2CCCN2C(=O)Cc2cccs2)CCC1N. The highest BCUT2D eigenvalue weighted by atomic mass is 32.1. The third-order valence-electron chi connectivity index (χ3n) is 5.39. The van der Waals surface area contributed by atoms with Crippen molar-refractivity contribution in [2.45, 2.75) is 51.6 Å². The molecule has 1 aromatic heterocycles. The highest BCUT2D eigenvalue weighted by Crippen LogP contribution is 2.30. The topological polar surface area (TPSA) is 66.6 Å². The fraction of sp³-hybridized carbons (Fsp3) is 0.667. The first-order chi connectivity index (χ1) is 11.4. The quantitative estimate of drug-likeness (QED) is 0.906. The molecule has 5 nitrogen and oxygen atoms in total. The molecule has 2 unspecified atom stereocenters. The van der Waals surface area contributed by atoms with Crippen LogP contribution >= 0.6 is 11.3 Å². The van der Waals surface area contributed by atoms with Crippen molar-refractivity contribution >= 4 is 23.2 Å². The Hall–Kier alpha value is -1.40. The molecule has 2 aliphatic rings. The first kappa shape index (κ1) is 17.4. The number of hydrogen-bond donors (Lipinski definition) is 1. The van der Waals surface area contributed by atoms with E-state index in [9.17, 15) is 9.59 Å². The summed E-state index contributed by atoms with van der Waals surface area (Å²) in [7, 11) is 0. The van der Waals surface area contributed by atoms with E-state index in [2.05, 4.69) is 13.8 Å². The first-order valence-electron chi connectivity index (χ1n) is 8.75. The van der Waals surface area contributed by atoms with E-state index in [1.165, 1.54) is 0 Å². The maximum absolute atomic E-state index is 13.0. The smallest absolute Gasteiger partial charge is 0.245 e. The molecule has 3 heterocycles. The van der Waals surface area contributed by atoms with Gasteiger partial charge in [0.1, 0.15) is 6.04 Å². The van der Waals surface area contributed by atoms with Gasteiger partial charge in [-0.3, -0.25) is 9.59 Å². The molecule has 2 amide bonds. The van der Waals surface area contributed by atoms with Crippen LogP contribution in [0.25, 0.3) is 0 Å². The molecular weight excluding hydrogens is 322 g/mol. The number of amides is 2. The van der Waals surface area contributed by atoms with Crippen LogP contribution in [0.5, 0.6) is 0 Å². The Morgan fingerprint density at radius 3 is 2.79 bits per heavy atom. The van der Waals surface area contributed by atoms with Gasteiger partial charge in [0, 0.05) is 30.6 Å². The average Bonchev–Trinajstić information content (AvgIpc) is 3.20. The fourth-order valence-electron chi connectivity index (χ4n) is 3.76. The van der Waals surface area contributed by atoms with Crippen LogP contribution in [0.1, 0.15) is 38.0 Å². The lowest BCUT2D eigenvalue weighted by molar-refractivity contribution is -0.145. The second-order valence-electron chi connectivity index (χ2n) is 7.64. The fourth-order valence-corrected chi connectivity index (χ4v) is 4.45. The number of hydrogen-bond acceptors (Lipinski definition) is 4. The molecule has 0 aromatic carbocycles. The van der Waals surface area contributed by atoms with Gasteiger partial charge in [0.05, 0.1) is 6.42 Å². The largest absolute Gasteiger partial charge is 0.340 e. The lowest BCUT2D eigenvalue weighted by atomic mass is 9.79. The van der Waals surface area contributed by atoms with Crippen LogP contribution in [0.3, 0.4) is 0 Å². The molecule has 0 radical (unpaired) electrons. The van der Waals surface area contributed by atoms with E-state index in [0.29, 0.717) is 26.1 Å². The number of carbonyl (C=O) groups excluding carboxylic acids is 2. The number of piperidine rings is 1. The van der Waals surface area contributed by atoms with E-state index >= 15 is 0 Å². The van der Waals surface area contributed by atoms with Crippen molar-refractivity contribution in [1.82, 2.24) is 9.80 Å². The highest BCUT2D eigenvalue weighted by molar-refractivity contribution is 7.10. The zero-order chi connectivity index (χ0) is 17.3. The summed E-state index contributed by atoms with van der Waals surface area (Å²) in [4.78, 5) is 30.4. The molecule has 0 bridgehead atoms. The standard InChI is InChI=1S/C18H27N3O2S/c1-18(2)12-20(9-7-15(18)19)17(23)14-6-3-8-21(14)16(22)11-13-5-4-10-24-13/h4-5,10,14-15H,3,6-9,11-12,19H2,1-2H3. The maximum Gasteiger partial charge on any atom is 0.245 e. The van der Waals surface area contributed by atoms with Crippen LogP contribution in [0, 0.1) is 5.41 Å². The van der Waals surface area contributed by atoms with Gasteiger partial charge in [-0.2, -0.15) is 0 Å². The highest BCUT2D eigenvalue weighted by Gasteiger charge is 2.41. The lowest BCUT2D eigenvalue weighted by Crippen LogP contribution is -2.57. The predicted octanol–water partition coefficient (Wildman–Crippen LogP) is 1.87. The molecule has 132 valence electrons. The summed E-state index contributed by atoms with van der Waals surface area (Å²) in [5.74, 6) is 0.174. The summed E-state index contributed by atoms with van der Waals surface area (Å²) in [6.07, 6.45) is 2.91. The van der Waals surface area contributed by atoms with Gasteiger partial charge in [0.25, 0.3) is 0 Å². The molecule has 3 rings (SSSR count). The second-order valence-corrected chi connectivity index (χ2v) is 8.68. The summed E-state index contributed by atoms with van der Waals surface area (Å²) < 4.78 is 0. The van der Waals surface area contributed by atoms with Crippen LogP contribution < -0.4 is 5.73 Å². The molecule has 0 aliphatic carbocycles. The van der Waals surface area contributed by atoms with Crippen LogP contribution in [0.4, 0.5) is 0 Å². The van der Waals surface area contributed by atoms with Gasteiger partial charge in [-0.05, 0) is 36.1 Å². The van der Waals surface area contributed by atoms with E-state index in [-0.39, 0.29) is 29.3 Å². The molecule has 2 atom stereocenters. The molecule has 0 saturated carbocycles. The summed E-state index contributed by atoms with van der Waals surface area (Å²) in [6.45, 7) is 6.30. The van der Waals surface area contributed by atoms with Gasteiger partial charge >= 0.3 is 0 Å². The summed E-state index contributed by atoms with van der Waals surface area (Å²) >= 11 is 1.59. The molecule has 0 spiro atoms. The third-order valence-corrected chi connectivity index (χ3v) is 6.26. The average molecular weight is 350 g/mol. The Labute approximate surface area is 147 Å². The second kappa shape index (κ2) is 6.84. The Morgan fingerprint density at radius 1 is 1.33 bits per heavy atom. The van der Waals surface area contributed by atoms with E-state index in [0.717, 1.165) is 24.1 Å². The van der Waals surface area contributed by atoms with Gasteiger partial charge in [0.2, 0.25) is 11.8 Å². The van der Waals surface area contributed by atoms with Crippen molar-refractivity contribution in [2.75, 3.05) is 19.6 Å². The maximum atomic E-state index is 13.0. The number of nitrogens with two attached hydrogens (primary N) is 1. The minimum Gasteiger partial charge on any atom is -0.340 e. The molecule has 6 heteroatoms. The molecule has 2 fully saturated rings. The Balaban J connectivity index is 1.66. The van der Waals surface area contributed by atoms with Crippen LogP contribution in [0.15, 0.2) is 17.5 Å². The monoisotopic (exact) mass is 349 g/mol. The Morgan fingerprint density at radius 2 is 2.12 bits per heavy atom. The van der Waals surface area contributed by atoms with Gasteiger partial charge in [0.15, 0.2) is 0 Å². The van der Waals surface area contributed by atoms with E-state index in [4.69, 9.17) is 5.73 Å². The number of likely N-dealkylation sites (tertiary alicyclic amines) is 2. The van der Waals surface area contributed by atoms with Gasteiger partial charge < -0.3 is 15.5 Å². The van der Waals surface area contributed by atoms with Crippen molar-refractivity contribution in [1.29, 1.82) is 0 Å². The Kier molecular flexibility index (Phi) is 4.97. The molecule has 2 aliphatic heterocycles. The summed E-state index contributed by atoms with van der Waals surface area (Å²) in [5, 5.41) is 1.98. The van der Waals surface area contributed by atoms with Crippen LogP contribution in [-0.2, 0) is 16.0 Å². The van der Waals surface area contributed by atoms with Crippen LogP contribution in [0.2, 0.25) is 0 Å². The van der Waals surface area contributed by atoms with Crippen LogP contribution in [-0.4, -0.2) is 53.3 Å². The van der Waals surface area contributed by atoms with Crippen molar-refractivity contribution in [3.8, 4) is 0 Å². The normalized spacial score (nSPS) is 26.6. The first-order valence-corrected chi connectivity index (χ1v) is 9.63. The number of thiophene rings is 1. The number of nitrogens with zero attached hydrogens (tertiary/aromatic N) is 2. The van der Waals surface area contributed by atoms with Gasteiger partial charge in [-0.1, -0.05) is 19.9 Å². The minimum atomic E-state index is -0.289. The van der Waals surface area contributed by atoms with E-state index in [1.807, 2.05) is 22.4 Å². The van der Waals surface area contributed by atoms with E-state index in [1.54, 1.807) is 16.2 Å². The molecule has 2 saturated heterocycles. The summed E-state index contributed by atoms with van der Waals surface area (Å²) in [6, 6.07) is 3.77. The molecule has 1 aromatic rings. The molecular formula is C18H27N3O2S. The molecule has 2 N–H and O–H groups in total. The van der Waals surface area contributed by atoms with Gasteiger partial charge in [-0.25, -0.2) is 0 Å². The van der Waals surface area contributed by atoms with Crippen molar-refractivity contribution in [2.24, 2.45) is 11.1 Å². The van der Waals surface area contributed by atoms with Crippen molar-refractivity contribution in [3.05, 3.63) is 22.4 Å². The van der Waals surface area contributed by atoms with Gasteiger partial charge in [-0.15, -0.1) is 11.3 Å².